The summed E-state index contributed by atoms with van der Waals surface area (Å²) < 4.78 is 11.1. The number of carbonyl (C=O) groups is 1. The molecule has 0 unspecified atom stereocenters. The number of nitrogens with zero attached hydrogens (tertiary/aromatic N) is 1. The second kappa shape index (κ2) is 5.71. The number of aromatic nitrogens is 1. The number of hydrogen-bond donors (Lipinski definition) is 0. The third-order valence-electron chi connectivity index (χ3n) is 3.05. The van der Waals surface area contributed by atoms with Crippen LogP contribution in [0.25, 0.3) is 0 Å². The van der Waals surface area contributed by atoms with Crippen molar-refractivity contribution in [2.75, 3.05) is 19.8 Å². The fourth-order valence-electron chi connectivity index (χ4n) is 2.13. The SMILES string of the molecule is CCOC1(C(=O)Cc2cncs2)CCOCC1. The van der Waals surface area contributed by atoms with E-state index in [4.69, 9.17) is 9.47 Å². The molecule has 1 aromatic rings. The summed E-state index contributed by atoms with van der Waals surface area (Å²) in [7, 11) is 0. The molecule has 1 fully saturated rings. The number of thiazole rings is 1. The lowest BCUT2D eigenvalue weighted by atomic mass is 9.87. The highest BCUT2D eigenvalue weighted by molar-refractivity contribution is 7.09. The maximum Gasteiger partial charge on any atom is 0.170 e. The molecule has 1 saturated heterocycles. The van der Waals surface area contributed by atoms with Crippen molar-refractivity contribution in [2.45, 2.75) is 31.8 Å². The van der Waals surface area contributed by atoms with Crippen LogP contribution in [0.2, 0.25) is 0 Å². The normalized spacial score (nSPS) is 19.1. The van der Waals surface area contributed by atoms with E-state index in [1.807, 2.05) is 6.92 Å². The molecular formula is C12H17NO3S. The number of rotatable bonds is 5. The Bertz CT molecular complexity index is 352. The van der Waals surface area contributed by atoms with Crippen molar-refractivity contribution in [3.63, 3.8) is 0 Å². The standard InChI is InChI=1S/C12H17NO3S/c1-2-16-12(3-5-15-6-4-12)11(14)7-10-8-13-9-17-10/h8-9H,2-7H2,1H3. The molecule has 2 rings (SSSR count). The predicted octanol–water partition coefficient (Wildman–Crippen LogP) is 1.84. The number of ether oxygens (including phenoxy) is 2. The van der Waals surface area contributed by atoms with Crippen LogP contribution >= 0.6 is 11.3 Å². The van der Waals surface area contributed by atoms with Crippen molar-refractivity contribution in [1.82, 2.24) is 4.98 Å². The van der Waals surface area contributed by atoms with Gasteiger partial charge in [0, 0.05) is 50.2 Å². The van der Waals surface area contributed by atoms with Gasteiger partial charge < -0.3 is 9.47 Å². The highest BCUT2D eigenvalue weighted by atomic mass is 32.1. The highest BCUT2D eigenvalue weighted by Gasteiger charge is 2.40. The monoisotopic (exact) mass is 255 g/mol. The van der Waals surface area contributed by atoms with E-state index in [2.05, 4.69) is 4.98 Å². The van der Waals surface area contributed by atoms with Crippen LogP contribution in [0.3, 0.4) is 0 Å². The Morgan fingerprint density at radius 2 is 2.35 bits per heavy atom. The number of hydrogen-bond acceptors (Lipinski definition) is 5. The first-order valence-corrected chi connectivity index (χ1v) is 6.77. The van der Waals surface area contributed by atoms with E-state index < -0.39 is 5.60 Å². The number of ketones is 1. The van der Waals surface area contributed by atoms with Crippen LogP contribution in [0, 0.1) is 0 Å². The molecule has 1 aliphatic heterocycles. The third kappa shape index (κ3) is 2.91. The lowest BCUT2D eigenvalue weighted by molar-refractivity contribution is -0.156. The van der Waals surface area contributed by atoms with Crippen molar-refractivity contribution < 1.29 is 14.3 Å². The van der Waals surface area contributed by atoms with Crippen LogP contribution in [0.15, 0.2) is 11.7 Å². The largest absolute Gasteiger partial charge is 0.381 e. The molecule has 0 N–H and O–H groups in total. The van der Waals surface area contributed by atoms with Gasteiger partial charge in [-0.25, -0.2) is 0 Å². The Morgan fingerprint density at radius 1 is 1.59 bits per heavy atom. The summed E-state index contributed by atoms with van der Waals surface area (Å²) in [5, 5.41) is 0. The van der Waals surface area contributed by atoms with Crippen LogP contribution in [0.1, 0.15) is 24.6 Å². The number of Topliss-reactive ketones (excluding diaryl/α,β-unsaturated/α-hetero) is 1. The summed E-state index contributed by atoms with van der Waals surface area (Å²) in [5.74, 6) is 0.159. The quantitative estimate of drug-likeness (QED) is 0.805. The van der Waals surface area contributed by atoms with Crippen molar-refractivity contribution in [1.29, 1.82) is 0 Å². The maximum absolute atomic E-state index is 12.4. The zero-order valence-corrected chi connectivity index (χ0v) is 10.8. The summed E-state index contributed by atoms with van der Waals surface area (Å²) in [6.07, 6.45) is 3.50. The van der Waals surface area contributed by atoms with E-state index in [0.717, 1.165) is 4.88 Å². The molecule has 0 aliphatic carbocycles. The third-order valence-corrected chi connectivity index (χ3v) is 3.83. The van der Waals surface area contributed by atoms with E-state index in [9.17, 15) is 4.79 Å². The van der Waals surface area contributed by atoms with Crippen LogP contribution in [0.4, 0.5) is 0 Å². The Morgan fingerprint density at radius 3 is 2.94 bits per heavy atom. The van der Waals surface area contributed by atoms with Gasteiger partial charge in [-0.1, -0.05) is 0 Å². The molecule has 4 nitrogen and oxygen atoms in total. The molecule has 0 atom stereocenters. The van der Waals surface area contributed by atoms with Gasteiger partial charge in [0.25, 0.3) is 0 Å². The van der Waals surface area contributed by atoms with Gasteiger partial charge in [-0.05, 0) is 6.92 Å². The molecule has 0 saturated carbocycles. The summed E-state index contributed by atoms with van der Waals surface area (Å²) >= 11 is 1.51. The van der Waals surface area contributed by atoms with Gasteiger partial charge in [0.1, 0.15) is 5.60 Å². The fourth-order valence-corrected chi connectivity index (χ4v) is 2.72. The molecule has 0 spiro atoms. The summed E-state index contributed by atoms with van der Waals surface area (Å²) in [5.41, 5.74) is 1.12. The first-order chi connectivity index (χ1) is 8.27. The molecule has 0 radical (unpaired) electrons. The van der Waals surface area contributed by atoms with Gasteiger partial charge >= 0.3 is 0 Å². The van der Waals surface area contributed by atoms with Gasteiger partial charge in [0.2, 0.25) is 0 Å². The van der Waals surface area contributed by atoms with Gasteiger partial charge in [-0.3, -0.25) is 9.78 Å². The second-order valence-electron chi connectivity index (χ2n) is 4.11. The maximum atomic E-state index is 12.4. The highest BCUT2D eigenvalue weighted by Crippen LogP contribution is 2.28. The van der Waals surface area contributed by atoms with Crippen molar-refractivity contribution in [2.24, 2.45) is 0 Å². The van der Waals surface area contributed by atoms with E-state index >= 15 is 0 Å². The van der Waals surface area contributed by atoms with Gasteiger partial charge in [0.05, 0.1) is 5.51 Å². The fraction of sp³-hybridized carbons (Fsp3) is 0.667. The van der Waals surface area contributed by atoms with Gasteiger partial charge in [-0.15, -0.1) is 11.3 Å². The van der Waals surface area contributed by atoms with Crippen molar-refractivity contribution in [3.8, 4) is 0 Å². The molecule has 0 bridgehead atoms. The number of carbonyl (C=O) groups excluding carboxylic acids is 1. The molecule has 2 heterocycles. The Hall–Kier alpha value is -0.780. The topological polar surface area (TPSA) is 48.4 Å². The van der Waals surface area contributed by atoms with Crippen molar-refractivity contribution >= 4 is 17.1 Å². The summed E-state index contributed by atoms with van der Waals surface area (Å²) in [6, 6.07) is 0. The Kier molecular flexibility index (Phi) is 4.25. The molecule has 0 aromatic carbocycles. The van der Waals surface area contributed by atoms with Gasteiger partial charge in [-0.2, -0.15) is 0 Å². The van der Waals surface area contributed by atoms with Crippen LogP contribution in [-0.2, 0) is 20.7 Å². The zero-order valence-electron chi connectivity index (χ0n) is 9.98. The minimum atomic E-state index is -0.628. The molecule has 5 heteroatoms. The molecular weight excluding hydrogens is 238 g/mol. The Labute approximate surface area is 105 Å². The second-order valence-corrected chi connectivity index (χ2v) is 5.08. The molecule has 94 valence electrons. The van der Waals surface area contributed by atoms with E-state index in [-0.39, 0.29) is 5.78 Å². The van der Waals surface area contributed by atoms with E-state index in [0.29, 0.717) is 39.1 Å². The van der Waals surface area contributed by atoms with Crippen molar-refractivity contribution in [3.05, 3.63) is 16.6 Å². The molecule has 17 heavy (non-hydrogen) atoms. The van der Waals surface area contributed by atoms with E-state index in [1.54, 1.807) is 11.7 Å². The lowest BCUT2D eigenvalue weighted by Crippen LogP contribution is -2.47. The van der Waals surface area contributed by atoms with Crippen LogP contribution in [0.5, 0.6) is 0 Å². The average molecular weight is 255 g/mol. The average Bonchev–Trinajstić information content (AvgIpc) is 2.83. The smallest absolute Gasteiger partial charge is 0.170 e. The van der Waals surface area contributed by atoms with Gasteiger partial charge in [0.15, 0.2) is 5.78 Å². The zero-order chi connectivity index (χ0) is 12.1. The minimum absolute atomic E-state index is 0.159. The van der Waals surface area contributed by atoms with Crippen LogP contribution in [-0.4, -0.2) is 36.2 Å². The van der Waals surface area contributed by atoms with Crippen LogP contribution < -0.4 is 0 Å². The molecule has 0 amide bonds. The predicted molar refractivity (Wildman–Crippen MR) is 65.2 cm³/mol. The Balaban J connectivity index is 2.06. The van der Waals surface area contributed by atoms with E-state index in [1.165, 1.54) is 11.3 Å². The first kappa shape index (κ1) is 12.7. The molecule has 1 aromatic heterocycles. The first-order valence-electron chi connectivity index (χ1n) is 5.89. The molecule has 1 aliphatic rings. The minimum Gasteiger partial charge on any atom is -0.381 e. The lowest BCUT2D eigenvalue weighted by Gasteiger charge is -2.35. The summed E-state index contributed by atoms with van der Waals surface area (Å²) in [6.45, 7) is 3.70. The summed E-state index contributed by atoms with van der Waals surface area (Å²) in [4.78, 5) is 17.4.